The molecule has 2 aliphatic rings. The molecule has 0 N–H and O–H groups in total. The van der Waals surface area contributed by atoms with Gasteiger partial charge in [0.05, 0.1) is 11.8 Å². The number of hydrogen-bond donors (Lipinski definition) is 0. The van der Waals surface area contributed by atoms with E-state index in [9.17, 15) is 4.79 Å². The zero-order chi connectivity index (χ0) is 18.1. The fourth-order valence-electron chi connectivity index (χ4n) is 3.88. The molecule has 26 heavy (non-hydrogen) atoms. The lowest BCUT2D eigenvalue weighted by Crippen LogP contribution is -2.34. The van der Waals surface area contributed by atoms with E-state index in [4.69, 9.17) is 0 Å². The van der Waals surface area contributed by atoms with Gasteiger partial charge in [0.25, 0.3) is 0 Å². The van der Waals surface area contributed by atoms with Crippen molar-refractivity contribution >= 4 is 17.7 Å². The van der Waals surface area contributed by atoms with E-state index < -0.39 is 0 Å². The fraction of sp³-hybridized carbons (Fsp3) is 0.550. The maximum atomic E-state index is 12.8. The number of amides is 1. The molecule has 1 heterocycles. The zero-order valence-electron chi connectivity index (χ0n) is 15.5. The first-order valence-corrected chi connectivity index (χ1v) is 10.6. The van der Waals surface area contributed by atoms with E-state index in [1.165, 1.54) is 35.7 Å². The average Bonchev–Trinajstić information content (AvgIpc) is 3.44. The van der Waals surface area contributed by atoms with Crippen molar-refractivity contribution < 1.29 is 4.79 Å². The molecule has 1 aromatic heterocycles. The van der Waals surface area contributed by atoms with Crippen LogP contribution >= 0.6 is 11.8 Å². The van der Waals surface area contributed by atoms with Gasteiger partial charge in [-0.05, 0) is 50.2 Å². The van der Waals surface area contributed by atoms with Gasteiger partial charge >= 0.3 is 0 Å². The van der Waals surface area contributed by atoms with Gasteiger partial charge in [-0.3, -0.25) is 4.79 Å². The van der Waals surface area contributed by atoms with Crippen LogP contribution in [0.2, 0.25) is 0 Å². The van der Waals surface area contributed by atoms with Gasteiger partial charge in [0.15, 0.2) is 5.16 Å². The number of aryl methyl sites for hydroxylation is 1. The number of carbonyl (C=O) groups excluding carboxylic acids is 1. The molecule has 0 bridgehead atoms. The van der Waals surface area contributed by atoms with Crippen LogP contribution in [0.4, 0.5) is 0 Å². The van der Waals surface area contributed by atoms with Crippen LogP contribution in [0, 0.1) is 0 Å². The predicted molar refractivity (Wildman–Crippen MR) is 103 cm³/mol. The van der Waals surface area contributed by atoms with Gasteiger partial charge in [0.2, 0.25) is 5.91 Å². The quantitative estimate of drug-likeness (QED) is 0.726. The monoisotopic (exact) mass is 370 g/mol. The molecule has 0 spiro atoms. The van der Waals surface area contributed by atoms with E-state index in [-0.39, 0.29) is 11.9 Å². The Morgan fingerprint density at radius 3 is 2.85 bits per heavy atom. The SMILES string of the molecule is CCn1c(SCC(=O)N(C)[C@@H]2CCCc3ccccc32)nnc1C1CC1. The molecular weight excluding hydrogens is 344 g/mol. The van der Waals surface area contributed by atoms with Gasteiger partial charge in [0.1, 0.15) is 5.82 Å². The third-order valence-corrected chi connectivity index (χ3v) is 6.48. The Bertz CT molecular complexity index is 799. The first kappa shape index (κ1) is 17.6. The third-order valence-electron chi connectivity index (χ3n) is 5.53. The zero-order valence-corrected chi connectivity index (χ0v) is 16.3. The molecule has 5 nitrogen and oxygen atoms in total. The number of fused-ring (bicyclic) bond motifs is 1. The molecule has 2 aliphatic carbocycles. The summed E-state index contributed by atoms with van der Waals surface area (Å²) in [5.41, 5.74) is 2.70. The largest absolute Gasteiger partial charge is 0.338 e. The maximum Gasteiger partial charge on any atom is 0.233 e. The van der Waals surface area contributed by atoms with Crippen LogP contribution in [0.1, 0.15) is 61.5 Å². The Kier molecular flexibility index (Phi) is 5.02. The van der Waals surface area contributed by atoms with Crippen LogP contribution < -0.4 is 0 Å². The summed E-state index contributed by atoms with van der Waals surface area (Å²) < 4.78 is 2.17. The summed E-state index contributed by atoms with van der Waals surface area (Å²) in [5.74, 6) is 2.25. The molecule has 1 fully saturated rings. The van der Waals surface area contributed by atoms with Crippen molar-refractivity contribution in [1.29, 1.82) is 0 Å². The molecule has 138 valence electrons. The van der Waals surface area contributed by atoms with Crippen LogP contribution in [-0.4, -0.2) is 38.4 Å². The van der Waals surface area contributed by atoms with Crippen LogP contribution in [0.5, 0.6) is 0 Å². The van der Waals surface area contributed by atoms with Crippen molar-refractivity contribution in [2.45, 2.75) is 62.7 Å². The second-order valence-electron chi connectivity index (χ2n) is 7.26. The Labute approximate surface area is 159 Å². The number of carbonyl (C=O) groups is 1. The molecule has 0 radical (unpaired) electrons. The van der Waals surface area contributed by atoms with Gasteiger partial charge in [-0.15, -0.1) is 10.2 Å². The molecule has 1 atom stereocenters. The van der Waals surface area contributed by atoms with E-state index in [2.05, 4.69) is 46.0 Å². The molecule has 2 aromatic rings. The van der Waals surface area contributed by atoms with E-state index in [1.54, 1.807) is 0 Å². The Morgan fingerprint density at radius 1 is 1.27 bits per heavy atom. The van der Waals surface area contributed by atoms with Crippen LogP contribution in [0.15, 0.2) is 29.4 Å². The summed E-state index contributed by atoms with van der Waals surface area (Å²) in [4.78, 5) is 14.8. The standard InChI is InChI=1S/C20H26N4OS/c1-3-24-19(15-11-12-15)21-22-20(24)26-13-18(25)23(2)17-10-6-8-14-7-4-5-9-16(14)17/h4-5,7,9,15,17H,3,6,8,10-13H2,1-2H3/t17-/m1/s1. The molecule has 1 saturated carbocycles. The number of aromatic nitrogens is 3. The van der Waals surface area contributed by atoms with Gasteiger partial charge in [-0.25, -0.2) is 0 Å². The highest BCUT2D eigenvalue weighted by Gasteiger charge is 2.31. The first-order valence-electron chi connectivity index (χ1n) is 9.58. The predicted octanol–water partition coefficient (Wildman–Crippen LogP) is 3.80. The lowest BCUT2D eigenvalue weighted by atomic mass is 9.87. The summed E-state index contributed by atoms with van der Waals surface area (Å²) in [7, 11) is 1.94. The van der Waals surface area contributed by atoms with Crippen molar-refractivity contribution in [3.05, 3.63) is 41.2 Å². The second-order valence-corrected chi connectivity index (χ2v) is 8.20. The second kappa shape index (κ2) is 7.43. The van der Waals surface area contributed by atoms with Crippen molar-refractivity contribution in [3.63, 3.8) is 0 Å². The van der Waals surface area contributed by atoms with Crippen molar-refractivity contribution in [2.24, 2.45) is 0 Å². The summed E-state index contributed by atoms with van der Waals surface area (Å²) in [6.45, 7) is 2.98. The maximum absolute atomic E-state index is 12.8. The minimum atomic E-state index is 0.162. The molecule has 1 amide bonds. The van der Waals surface area contributed by atoms with Gasteiger partial charge < -0.3 is 9.47 Å². The smallest absolute Gasteiger partial charge is 0.233 e. The van der Waals surface area contributed by atoms with Crippen molar-refractivity contribution in [3.8, 4) is 0 Å². The Balaban J connectivity index is 1.43. The van der Waals surface area contributed by atoms with E-state index in [0.717, 1.165) is 36.8 Å². The molecule has 0 unspecified atom stereocenters. The van der Waals surface area contributed by atoms with Gasteiger partial charge in [-0.1, -0.05) is 36.0 Å². The van der Waals surface area contributed by atoms with Crippen LogP contribution in [-0.2, 0) is 17.8 Å². The number of benzene rings is 1. The summed E-state index contributed by atoms with van der Waals surface area (Å²) in [5, 5.41) is 9.57. The lowest BCUT2D eigenvalue weighted by molar-refractivity contribution is -0.129. The van der Waals surface area contributed by atoms with Gasteiger partial charge in [0, 0.05) is 19.5 Å². The minimum absolute atomic E-state index is 0.162. The summed E-state index contributed by atoms with van der Waals surface area (Å²) >= 11 is 1.52. The lowest BCUT2D eigenvalue weighted by Gasteiger charge is -2.33. The molecule has 0 aliphatic heterocycles. The van der Waals surface area contributed by atoms with Crippen molar-refractivity contribution in [1.82, 2.24) is 19.7 Å². The Morgan fingerprint density at radius 2 is 2.08 bits per heavy atom. The molecule has 0 saturated heterocycles. The Hall–Kier alpha value is -1.82. The van der Waals surface area contributed by atoms with E-state index >= 15 is 0 Å². The van der Waals surface area contributed by atoms with Crippen molar-refractivity contribution in [2.75, 3.05) is 12.8 Å². The van der Waals surface area contributed by atoms with Gasteiger partial charge in [-0.2, -0.15) is 0 Å². The molecule has 6 heteroatoms. The van der Waals surface area contributed by atoms with E-state index in [1.807, 2.05) is 11.9 Å². The summed E-state index contributed by atoms with van der Waals surface area (Å²) in [6.07, 6.45) is 5.73. The minimum Gasteiger partial charge on any atom is -0.338 e. The molecular formula is C20H26N4OS. The number of thioether (sulfide) groups is 1. The normalized spacial score (nSPS) is 19.2. The first-order chi connectivity index (χ1) is 12.7. The number of nitrogens with zero attached hydrogens (tertiary/aromatic N) is 4. The number of rotatable bonds is 6. The van der Waals surface area contributed by atoms with Crippen LogP contribution in [0.25, 0.3) is 0 Å². The third kappa shape index (κ3) is 3.39. The summed E-state index contributed by atoms with van der Waals surface area (Å²) in [6, 6.07) is 8.73. The average molecular weight is 371 g/mol. The van der Waals surface area contributed by atoms with E-state index in [0.29, 0.717) is 11.7 Å². The molecule has 1 aromatic carbocycles. The topological polar surface area (TPSA) is 51.0 Å². The molecule has 4 rings (SSSR count). The fourth-order valence-corrected chi connectivity index (χ4v) is 4.81. The highest BCUT2D eigenvalue weighted by atomic mass is 32.2. The van der Waals surface area contributed by atoms with Crippen LogP contribution in [0.3, 0.4) is 0 Å². The number of hydrogen-bond acceptors (Lipinski definition) is 4. The highest BCUT2D eigenvalue weighted by Crippen LogP contribution is 2.40. The highest BCUT2D eigenvalue weighted by molar-refractivity contribution is 7.99.